The number of rotatable bonds is 0. The minimum absolute atomic E-state index is 1.01. The molecule has 2 rings (SSSR count). The first-order valence-electron chi connectivity index (χ1n) is 3.48. The van der Waals surface area contributed by atoms with E-state index in [0.29, 0.717) is 0 Å². The molecule has 2 nitrogen and oxygen atoms in total. The topological polar surface area (TPSA) is 7.94 Å². The van der Waals surface area contributed by atoms with Gasteiger partial charge in [-0.2, -0.15) is 0 Å². The Morgan fingerprint density at radius 3 is 3.00 bits per heavy atom. The quantitative estimate of drug-likeness (QED) is 0.465. The molecule has 0 unspecified atom stereocenters. The lowest BCUT2D eigenvalue weighted by Gasteiger charge is -1.95. The van der Waals surface area contributed by atoms with Crippen LogP contribution in [0.5, 0.6) is 0 Å². The second-order valence-corrected chi connectivity index (χ2v) is 2.86. The molecular formula is C8H11N2+. The zero-order valence-corrected chi connectivity index (χ0v) is 6.33. The van der Waals surface area contributed by atoms with E-state index >= 15 is 0 Å². The van der Waals surface area contributed by atoms with Crippen LogP contribution in [-0.4, -0.2) is 22.4 Å². The van der Waals surface area contributed by atoms with E-state index in [1.54, 1.807) is 0 Å². The molecule has 0 spiro atoms. The SMILES string of the molecule is Cc1ccc2n1C[N+](C)=C2. The van der Waals surface area contributed by atoms with E-state index < -0.39 is 0 Å². The summed E-state index contributed by atoms with van der Waals surface area (Å²) in [4.78, 5) is 0. The molecular weight excluding hydrogens is 124 g/mol. The van der Waals surface area contributed by atoms with Gasteiger partial charge in [-0.3, -0.25) is 4.57 Å². The first kappa shape index (κ1) is 5.71. The molecule has 0 fully saturated rings. The van der Waals surface area contributed by atoms with Crippen LogP contribution in [-0.2, 0) is 6.67 Å². The van der Waals surface area contributed by atoms with Gasteiger partial charge in [-0.15, -0.1) is 0 Å². The molecule has 1 aromatic rings. The number of hydrogen-bond acceptors (Lipinski definition) is 0. The lowest BCUT2D eigenvalue weighted by Crippen LogP contribution is -2.04. The average Bonchev–Trinajstić information content (AvgIpc) is 2.35. The molecule has 1 aromatic heterocycles. The Bertz CT molecular complexity index is 294. The Morgan fingerprint density at radius 1 is 1.50 bits per heavy atom. The first-order valence-corrected chi connectivity index (χ1v) is 3.48. The molecule has 0 saturated carbocycles. The van der Waals surface area contributed by atoms with Crippen LogP contribution in [0.25, 0.3) is 0 Å². The standard InChI is InChI=1S/C8H11N2/c1-7-3-4-8-5-9(2)6-10(7)8/h3-5H,6H2,1-2H3/q+1. The van der Waals surface area contributed by atoms with Gasteiger partial charge in [0, 0.05) is 5.69 Å². The highest BCUT2D eigenvalue weighted by molar-refractivity contribution is 5.74. The lowest BCUT2D eigenvalue weighted by molar-refractivity contribution is -0.518. The van der Waals surface area contributed by atoms with E-state index in [9.17, 15) is 0 Å². The Balaban J connectivity index is 2.56. The fraction of sp³-hybridized carbons (Fsp3) is 0.375. The predicted molar refractivity (Wildman–Crippen MR) is 40.5 cm³/mol. The lowest BCUT2D eigenvalue weighted by atomic mass is 10.4. The molecule has 2 heterocycles. The molecule has 0 bridgehead atoms. The van der Waals surface area contributed by atoms with Crippen LogP contribution in [0.15, 0.2) is 12.1 Å². The van der Waals surface area contributed by atoms with Gasteiger partial charge in [-0.05, 0) is 19.1 Å². The summed E-state index contributed by atoms with van der Waals surface area (Å²) in [6, 6.07) is 4.30. The van der Waals surface area contributed by atoms with Gasteiger partial charge in [0.1, 0.15) is 12.7 Å². The van der Waals surface area contributed by atoms with Crippen molar-refractivity contribution in [2.24, 2.45) is 0 Å². The molecule has 0 amide bonds. The Kier molecular flexibility index (Phi) is 0.982. The van der Waals surface area contributed by atoms with Crippen LogP contribution >= 0.6 is 0 Å². The summed E-state index contributed by atoms with van der Waals surface area (Å²) >= 11 is 0. The second-order valence-electron chi connectivity index (χ2n) is 2.86. The van der Waals surface area contributed by atoms with Gasteiger partial charge in [0.2, 0.25) is 6.67 Å². The monoisotopic (exact) mass is 135 g/mol. The molecule has 10 heavy (non-hydrogen) atoms. The summed E-state index contributed by atoms with van der Waals surface area (Å²) in [7, 11) is 2.09. The van der Waals surface area contributed by atoms with Gasteiger partial charge in [-0.25, -0.2) is 4.58 Å². The molecule has 0 saturated heterocycles. The van der Waals surface area contributed by atoms with Gasteiger partial charge < -0.3 is 0 Å². The summed E-state index contributed by atoms with van der Waals surface area (Å²) in [5.74, 6) is 0. The number of hydrogen-bond donors (Lipinski definition) is 0. The first-order chi connectivity index (χ1) is 4.77. The zero-order valence-electron chi connectivity index (χ0n) is 6.33. The van der Waals surface area contributed by atoms with Crippen molar-refractivity contribution < 1.29 is 4.58 Å². The van der Waals surface area contributed by atoms with Gasteiger partial charge in [-0.1, -0.05) is 0 Å². The number of aryl methyl sites for hydroxylation is 1. The number of fused-ring (bicyclic) bond motifs is 1. The summed E-state index contributed by atoms with van der Waals surface area (Å²) in [6.45, 7) is 3.14. The molecule has 0 radical (unpaired) electrons. The van der Waals surface area contributed by atoms with Crippen LogP contribution < -0.4 is 0 Å². The third-order valence-corrected chi connectivity index (χ3v) is 1.95. The molecule has 0 aromatic carbocycles. The van der Waals surface area contributed by atoms with E-state index in [1.807, 2.05) is 0 Å². The van der Waals surface area contributed by atoms with Crippen molar-refractivity contribution >= 4 is 6.21 Å². The maximum Gasteiger partial charge on any atom is 0.222 e. The van der Waals surface area contributed by atoms with Crippen LogP contribution in [0.2, 0.25) is 0 Å². The van der Waals surface area contributed by atoms with Crippen molar-refractivity contribution in [3.8, 4) is 0 Å². The fourth-order valence-corrected chi connectivity index (χ4v) is 1.39. The summed E-state index contributed by atoms with van der Waals surface area (Å²) in [5.41, 5.74) is 2.66. The summed E-state index contributed by atoms with van der Waals surface area (Å²) < 4.78 is 4.47. The van der Waals surface area contributed by atoms with Crippen LogP contribution in [0.4, 0.5) is 0 Å². The third kappa shape index (κ3) is 0.618. The van der Waals surface area contributed by atoms with Crippen molar-refractivity contribution in [3.05, 3.63) is 23.5 Å². The maximum absolute atomic E-state index is 2.29. The predicted octanol–water partition coefficient (Wildman–Crippen LogP) is 0.829. The molecule has 52 valence electrons. The van der Waals surface area contributed by atoms with Crippen molar-refractivity contribution in [1.29, 1.82) is 0 Å². The molecule has 1 aliphatic rings. The van der Waals surface area contributed by atoms with E-state index in [4.69, 9.17) is 0 Å². The third-order valence-electron chi connectivity index (χ3n) is 1.95. The summed E-state index contributed by atoms with van der Waals surface area (Å²) in [5, 5.41) is 0. The van der Waals surface area contributed by atoms with E-state index in [-0.39, 0.29) is 0 Å². The second kappa shape index (κ2) is 1.72. The van der Waals surface area contributed by atoms with Crippen molar-refractivity contribution in [2.75, 3.05) is 7.05 Å². The van der Waals surface area contributed by atoms with Crippen LogP contribution in [0.3, 0.4) is 0 Å². The minimum atomic E-state index is 1.01. The fourth-order valence-electron chi connectivity index (χ4n) is 1.39. The van der Waals surface area contributed by atoms with Crippen molar-refractivity contribution in [2.45, 2.75) is 13.6 Å². The Hall–Kier alpha value is -1.05. The largest absolute Gasteiger partial charge is 0.284 e. The van der Waals surface area contributed by atoms with Gasteiger partial charge in [0.15, 0.2) is 6.21 Å². The maximum atomic E-state index is 2.29. The highest BCUT2D eigenvalue weighted by Gasteiger charge is 2.14. The average molecular weight is 135 g/mol. The Labute approximate surface area is 60.4 Å². The Morgan fingerprint density at radius 2 is 2.30 bits per heavy atom. The van der Waals surface area contributed by atoms with E-state index in [2.05, 4.69) is 41.5 Å². The molecule has 0 atom stereocenters. The van der Waals surface area contributed by atoms with E-state index in [1.165, 1.54) is 11.4 Å². The molecule has 2 heteroatoms. The molecule has 1 aliphatic heterocycles. The van der Waals surface area contributed by atoms with Crippen molar-refractivity contribution in [3.63, 3.8) is 0 Å². The highest BCUT2D eigenvalue weighted by atomic mass is 15.2. The summed E-state index contributed by atoms with van der Waals surface area (Å²) in [6.07, 6.45) is 2.16. The van der Waals surface area contributed by atoms with Gasteiger partial charge in [0.05, 0.1) is 0 Å². The zero-order chi connectivity index (χ0) is 7.14. The van der Waals surface area contributed by atoms with Gasteiger partial charge >= 0.3 is 0 Å². The normalized spacial score (nSPS) is 15.2. The van der Waals surface area contributed by atoms with Crippen LogP contribution in [0, 0.1) is 6.92 Å². The van der Waals surface area contributed by atoms with Crippen molar-refractivity contribution in [1.82, 2.24) is 4.57 Å². The van der Waals surface area contributed by atoms with E-state index in [0.717, 1.165) is 6.67 Å². The number of nitrogens with zero attached hydrogens (tertiary/aromatic N) is 2. The van der Waals surface area contributed by atoms with Crippen LogP contribution in [0.1, 0.15) is 11.4 Å². The molecule has 0 N–H and O–H groups in total. The highest BCUT2D eigenvalue weighted by Crippen LogP contribution is 2.09. The minimum Gasteiger partial charge on any atom is -0.284 e. The smallest absolute Gasteiger partial charge is 0.222 e. The molecule has 0 aliphatic carbocycles. The van der Waals surface area contributed by atoms with Gasteiger partial charge in [0.25, 0.3) is 0 Å². The number of aromatic nitrogens is 1.